The summed E-state index contributed by atoms with van der Waals surface area (Å²) >= 11 is 6.23. The maximum atomic E-state index is 12.3. The van der Waals surface area contributed by atoms with E-state index in [1.807, 2.05) is 24.3 Å². The summed E-state index contributed by atoms with van der Waals surface area (Å²) in [6, 6.07) is 7.63. The van der Waals surface area contributed by atoms with Gasteiger partial charge in [-0.2, -0.15) is 0 Å². The number of para-hydroxylation sites is 1. The number of anilines is 1. The van der Waals surface area contributed by atoms with E-state index in [2.05, 4.69) is 10.2 Å². The van der Waals surface area contributed by atoms with Crippen molar-refractivity contribution >= 4 is 34.9 Å². The van der Waals surface area contributed by atoms with E-state index in [1.54, 1.807) is 4.90 Å². The molecule has 2 saturated heterocycles. The molecule has 2 amide bonds. The average molecular weight is 394 g/mol. The third kappa shape index (κ3) is 4.99. The van der Waals surface area contributed by atoms with Crippen LogP contribution in [0.3, 0.4) is 0 Å². The van der Waals surface area contributed by atoms with Crippen molar-refractivity contribution in [2.75, 3.05) is 50.8 Å². The number of amides is 2. The minimum Gasteiger partial charge on any atom is -0.381 e. The zero-order chi connectivity index (χ0) is 19.2. The van der Waals surface area contributed by atoms with Crippen LogP contribution in [0.25, 0.3) is 0 Å². The van der Waals surface area contributed by atoms with Gasteiger partial charge in [-0.1, -0.05) is 23.7 Å². The summed E-state index contributed by atoms with van der Waals surface area (Å²) < 4.78 is 5.20. The van der Waals surface area contributed by atoms with Crippen molar-refractivity contribution in [1.82, 2.24) is 10.2 Å². The number of halogens is 1. The largest absolute Gasteiger partial charge is 0.381 e. The Morgan fingerprint density at radius 1 is 1.07 bits per heavy atom. The molecule has 2 fully saturated rings. The summed E-state index contributed by atoms with van der Waals surface area (Å²) in [5, 5.41) is 3.16. The number of nitrogens with zero attached hydrogens (tertiary/aromatic N) is 2. The monoisotopic (exact) mass is 393 g/mol. The van der Waals surface area contributed by atoms with Crippen molar-refractivity contribution in [1.29, 1.82) is 0 Å². The molecule has 0 unspecified atom stereocenters. The Hall–Kier alpha value is -2.12. The Labute approximate surface area is 163 Å². The molecule has 146 valence electrons. The lowest BCUT2D eigenvalue weighted by Gasteiger charge is -2.36. The second kappa shape index (κ2) is 9.19. The van der Waals surface area contributed by atoms with E-state index >= 15 is 0 Å². The number of benzene rings is 1. The van der Waals surface area contributed by atoms with Crippen LogP contribution in [0.4, 0.5) is 5.69 Å². The molecule has 2 aliphatic heterocycles. The highest BCUT2D eigenvalue weighted by Gasteiger charge is 2.28. The first-order chi connectivity index (χ1) is 13.1. The van der Waals surface area contributed by atoms with Gasteiger partial charge in [-0.05, 0) is 25.0 Å². The third-order valence-electron chi connectivity index (χ3n) is 5.04. The topological polar surface area (TPSA) is 79.0 Å². The quantitative estimate of drug-likeness (QED) is 0.758. The van der Waals surface area contributed by atoms with E-state index in [4.69, 9.17) is 16.3 Å². The van der Waals surface area contributed by atoms with Crippen molar-refractivity contribution in [3.63, 3.8) is 0 Å². The number of Topliss-reactive ketones (excluding diaryl/α,β-unsaturated/α-hetero) is 1. The summed E-state index contributed by atoms with van der Waals surface area (Å²) in [4.78, 5) is 40.3. The van der Waals surface area contributed by atoms with E-state index in [9.17, 15) is 14.4 Å². The smallest absolute Gasteiger partial charge is 0.288 e. The predicted molar refractivity (Wildman–Crippen MR) is 102 cm³/mol. The number of hydrogen-bond acceptors (Lipinski definition) is 5. The number of carbonyl (C=O) groups excluding carboxylic acids is 3. The fourth-order valence-corrected chi connectivity index (χ4v) is 3.66. The van der Waals surface area contributed by atoms with Gasteiger partial charge < -0.3 is 19.9 Å². The van der Waals surface area contributed by atoms with Crippen LogP contribution in [0.2, 0.25) is 5.02 Å². The summed E-state index contributed by atoms with van der Waals surface area (Å²) in [6.45, 7) is 3.28. The van der Waals surface area contributed by atoms with Gasteiger partial charge in [0.05, 0.1) is 17.3 Å². The zero-order valence-electron chi connectivity index (χ0n) is 15.2. The van der Waals surface area contributed by atoms with Gasteiger partial charge in [0, 0.05) is 45.3 Å². The van der Waals surface area contributed by atoms with Crippen molar-refractivity contribution in [2.45, 2.75) is 12.8 Å². The van der Waals surface area contributed by atoms with Gasteiger partial charge in [0.15, 0.2) is 0 Å². The maximum absolute atomic E-state index is 12.3. The molecule has 1 aromatic carbocycles. The molecule has 0 radical (unpaired) electrons. The Morgan fingerprint density at radius 3 is 2.41 bits per heavy atom. The van der Waals surface area contributed by atoms with E-state index in [0.29, 0.717) is 57.3 Å². The van der Waals surface area contributed by atoms with Gasteiger partial charge in [-0.25, -0.2) is 0 Å². The Morgan fingerprint density at radius 2 is 1.74 bits per heavy atom. The molecule has 27 heavy (non-hydrogen) atoms. The van der Waals surface area contributed by atoms with E-state index in [-0.39, 0.29) is 18.4 Å². The normalized spacial score (nSPS) is 18.3. The van der Waals surface area contributed by atoms with Crippen molar-refractivity contribution < 1.29 is 19.1 Å². The highest BCUT2D eigenvalue weighted by molar-refractivity contribution is 6.37. The van der Waals surface area contributed by atoms with Gasteiger partial charge in [0.25, 0.3) is 5.91 Å². The number of nitrogens with one attached hydrogen (secondary N) is 1. The lowest BCUT2D eigenvalue weighted by molar-refractivity contribution is -0.143. The fraction of sp³-hybridized carbons (Fsp3) is 0.526. The van der Waals surface area contributed by atoms with Gasteiger partial charge in [0.2, 0.25) is 11.7 Å². The van der Waals surface area contributed by atoms with E-state index in [1.165, 1.54) is 0 Å². The SMILES string of the molecule is O=C(NCC(=O)N1CCN(c2ccccc2Cl)CC1)C(=O)C1CCOCC1. The summed E-state index contributed by atoms with van der Waals surface area (Å²) in [5.74, 6) is -1.60. The zero-order valence-corrected chi connectivity index (χ0v) is 15.9. The van der Waals surface area contributed by atoms with Gasteiger partial charge in [-0.15, -0.1) is 0 Å². The molecule has 0 aromatic heterocycles. The number of rotatable bonds is 5. The first-order valence-electron chi connectivity index (χ1n) is 9.23. The van der Waals surface area contributed by atoms with Gasteiger partial charge in [-0.3, -0.25) is 14.4 Å². The third-order valence-corrected chi connectivity index (χ3v) is 5.36. The number of ether oxygens (including phenoxy) is 1. The molecule has 0 saturated carbocycles. The highest BCUT2D eigenvalue weighted by atomic mass is 35.5. The molecule has 8 heteroatoms. The number of piperazine rings is 1. The molecule has 3 rings (SSSR count). The van der Waals surface area contributed by atoms with Crippen LogP contribution in [-0.4, -0.2) is 68.4 Å². The molecule has 7 nitrogen and oxygen atoms in total. The van der Waals surface area contributed by atoms with E-state index in [0.717, 1.165) is 5.69 Å². The lowest BCUT2D eigenvalue weighted by Crippen LogP contribution is -2.52. The molecule has 0 bridgehead atoms. The average Bonchev–Trinajstić information content (AvgIpc) is 2.72. The number of hydrogen-bond donors (Lipinski definition) is 1. The van der Waals surface area contributed by atoms with Crippen LogP contribution < -0.4 is 10.2 Å². The van der Waals surface area contributed by atoms with Crippen molar-refractivity contribution in [2.24, 2.45) is 5.92 Å². The van der Waals surface area contributed by atoms with Crippen LogP contribution in [0.1, 0.15) is 12.8 Å². The van der Waals surface area contributed by atoms with Gasteiger partial charge in [0.1, 0.15) is 0 Å². The second-order valence-electron chi connectivity index (χ2n) is 6.75. The number of carbonyl (C=O) groups is 3. The van der Waals surface area contributed by atoms with Crippen LogP contribution in [0.5, 0.6) is 0 Å². The summed E-state index contributed by atoms with van der Waals surface area (Å²) in [5.41, 5.74) is 0.960. The maximum Gasteiger partial charge on any atom is 0.288 e. The molecule has 0 atom stereocenters. The van der Waals surface area contributed by atoms with Crippen LogP contribution in [0, 0.1) is 5.92 Å². The minimum atomic E-state index is -0.676. The Kier molecular flexibility index (Phi) is 6.68. The first kappa shape index (κ1) is 19.6. The molecular weight excluding hydrogens is 370 g/mol. The molecule has 0 spiro atoms. The highest BCUT2D eigenvalue weighted by Crippen LogP contribution is 2.26. The standard InChI is InChI=1S/C19H24ClN3O4/c20-15-3-1-2-4-16(15)22-7-9-23(10-8-22)17(24)13-21-19(26)18(25)14-5-11-27-12-6-14/h1-4,14H,5-13H2,(H,21,26). The van der Waals surface area contributed by atoms with Crippen molar-refractivity contribution in [3.8, 4) is 0 Å². The second-order valence-corrected chi connectivity index (χ2v) is 7.16. The summed E-state index contributed by atoms with van der Waals surface area (Å²) in [6.07, 6.45) is 1.12. The Balaban J connectivity index is 1.43. The lowest BCUT2D eigenvalue weighted by atomic mass is 9.95. The van der Waals surface area contributed by atoms with Gasteiger partial charge >= 0.3 is 0 Å². The minimum absolute atomic E-state index is 0.153. The number of ketones is 1. The molecule has 1 N–H and O–H groups in total. The van der Waals surface area contributed by atoms with E-state index < -0.39 is 11.7 Å². The summed E-state index contributed by atoms with van der Waals surface area (Å²) in [7, 11) is 0. The van der Waals surface area contributed by atoms with Crippen LogP contribution in [0.15, 0.2) is 24.3 Å². The molecular formula is C19H24ClN3O4. The predicted octanol–water partition coefficient (Wildman–Crippen LogP) is 1.10. The fourth-order valence-electron chi connectivity index (χ4n) is 3.40. The first-order valence-corrected chi connectivity index (χ1v) is 9.61. The molecule has 2 aliphatic rings. The molecule has 0 aliphatic carbocycles. The van der Waals surface area contributed by atoms with Crippen molar-refractivity contribution in [3.05, 3.63) is 29.3 Å². The Bertz CT molecular complexity index is 698. The molecule has 1 aromatic rings. The van der Waals surface area contributed by atoms with Crippen LogP contribution >= 0.6 is 11.6 Å². The van der Waals surface area contributed by atoms with Crippen LogP contribution in [-0.2, 0) is 19.1 Å². The molecule has 2 heterocycles.